The number of aryl methyl sites for hydroxylation is 1. The van der Waals surface area contributed by atoms with Crippen molar-refractivity contribution in [1.29, 1.82) is 0 Å². The lowest BCUT2D eigenvalue weighted by Crippen LogP contribution is -2.44. The predicted octanol–water partition coefficient (Wildman–Crippen LogP) is 2.58. The van der Waals surface area contributed by atoms with E-state index in [0.717, 1.165) is 39.3 Å². The number of hydrogen-bond acceptors (Lipinski definition) is 5. The van der Waals surface area contributed by atoms with Crippen molar-refractivity contribution in [3.05, 3.63) is 39.6 Å². The molecule has 4 heterocycles. The van der Waals surface area contributed by atoms with Crippen LogP contribution in [0.4, 0.5) is 0 Å². The summed E-state index contributed by atoms with van der Waals surface area (Å²) in [6.45, 7) is 13.4. The Morgan fingerprint density at radius 1 is 1.08 bits per heavy atom. The van der Waals surface area contributed by atoms with Gasteiger partial charge in [-0.2, -0.15) is 0 Å². The molecule has 2 aliphatic heterocycles. The highest BCUT2D eigenvalue weighted by molar-refractivity contribution is 7.11. The number of rotatable bonds is 4. The minimum Gasteiger partial charge on any atom is -0.328 e. The molecule has 0 amide bonds. The zero-order valence-electron chi connectivity index (χ0n) is 15.6. The van der Waals surface area contributed by atoms with Gasteiger partial charge in [-0.05, 0) is 33.0 Å². The van der Waals surface area contributed by atoms with Crippen molar-refractivity contribution in [2.24, 2.45) is 0 Å². The number of aromatic nitrogens is 2. The molecule has 0 saturated carbocycles. The molecule has 0 aliphatic carbocycles. The van der Waals surface area contributed by atoms with Crippen LogP contribution in [-0.4, -0.2) is 64.0 Å². The van der Waals surface area contributed by atoms with Crippen LogP contribution in [0.5, 0.6) is 0 Å². The van der Waals surface area contributed by atoms with Crippen molar-refractivity contribution in [3.63, 3.8) is 0 Å². The third kappa shape index (κ3) is 3.67. The summed E-state index contributed by atoms with van der Waals surface area (Å²) in [5, 5.41) is 0. The second-order valence-electron chi connectivity index (χ2n) is 7.50. The molecule has 6 heteroatoms. The van der Waals surface area contributed by atoms with Gasteiger partial charge in [-0.3, -0.25) is 9.80 Å². The molecule has 5 nitrogen and oxygen atoms in total. The largest absolute Gasteiger partial charge is 0.328 e. The Morgan fingerprint density at radius 2 is 1.88 bits per heavy atom. The SMILES string of the molecule is Cc1ccc(CN2CCn3c(CN4CCN(C)CC4)cnc3[C@@H]2C)s1. The maximum Gasteiger partial charge on any atom is 0.126 e. The fraction of sp³-hybridized carbons (Fsp3) is 0.632. The second kappa shape index (κ2) is 7.19. The molecule has 1 atom stereocenters. The highest BCUT2D eigenvalue weighted by Gasteiger charge is 2.28. The van der Waals surface area contributed by atoms with Crippen molar-refractivity contribution in [2.45, 2.75) is 39.5 Å². The first-order chi connectivity index (χ1) is 12.1. The molecule has 0 unspecified atom stereocenters. The van der Waals surface area contributed by atoms with E-state index in [4.69, 9.17) is 4.98 Å². The first kappa shape index (κ1) is 17.2. The van der Waals surface area contributed by atoms with Crippen LogP contribution in [0.2, 0.25) is 0 Å². The average molecular weight is 360 g/mol. The Morgan fingerprint density at radius 3 is 2.60 bits per heavy atom. The summed E-state index contributed by atoms with van der Waals surface area (Å²) in [4.78, 5) is 15.2. The summed E-state index contributed by atoms with van der Waals surface area (Å²) in [7, 11) is 2.21. The summed E-state index contributed by atoms with van der Waals surface area (Å²) in [6, 6.07) is 4.88. The second-order valence-corrected chi connectivity index (χ2v) is 8.87. The summed E-state index contributed by atoms with van der Waals surface area (Å²) in [5.41, 5.74) is 1.39. The number of fused-ring (bicyclic) bond motifs is 1. The van der Waals surface area contributed by atoms with Crippen molar-refractivity contribution in [3.8, 4) is 0 Å². The molecule has 4 rings (SSSR count). The van der Waals surface area contributed by atoms with Crippen LogP contribution in [0.25, 0.3) is 0 Å². The van der Waals surface area contributed by atoms with Gasteiger partial charge in [0, 0.05) is 68.3 Å². The Kier molecular flexibility index (Phi) is 4.95. The Balaban J connectivity index is 1.43. The van der Waals surface area contributed by atoms with Crippen LogP contribution in [0.3, 0.4) is 0 Å². The molecule has 25 heavy (non-hydrogen) atoms. The molecule has 0 aromatic carbocycles. The smallest absolute Gasteiger partial charge is 0.126 e. The van der Waals surface area contributed by atoms with Crippen LogP contribution < -0.4 is 0 Å². The molecule has 0 radical (unpaired) electrons. The zero-order valence-corrected chi connectivity index (χ0v) is 16.4. The van der Waals surface area contributed by atoms with Gasteiger partial charge >= 0.3 is 0 Å². The molecular weight excluding hydrogens is 330 g/mol. The lowest BCUT2D eigenvalue weighted by Gasteiger charge is -2.35. The summed E-state index contributed by atoms with van der Waals surface area (Å²) < 4.78 is 2.47. The van der Waals surface area contributed by atoms with E-state index in [2.05, 4.69) is 58.5 Å². The van der Waals surface area contributed by atoms with Crippen LogP contribution >= 0.6 is 11.3 Å². The van der Waals surface area contributed by atoms with E-state index in [-0.39, 0.29) is 0 Å². The zero-order chi connectivity index (χ0) is 17.4. The lowest BCUT2D eigenvalue weighted by molar-refractivity contribution is 0.137. The standard InChI is InChI=1S/C19H29N5S/c1-15-4-5-18(25-15)14-23-10-11-24-17(12-20-19(24)16(23)2)13-22-8-6-21(3)7-9-22/h4-5,12,16H,6-11,13-14H2,1-3H3/t16-/m0/s1. The van der Waals surface area contributed by atoms with Crippen molar-refractivity contribution in [2.75, 3.05) is 39.8 Å². The fourth-order valence-electron chi connectivity index (χ4n) is 3.95. The number of hydrogen-bond donors (Lipinski definition) is 0. The molecule has 1 saturated heterocycles. The summed E-state index contributed by atoms with van der Waals surface area (Å²) in [5.74, 6) is 1.24. The van der Waals surface area contributed by atoms with Gasteiger partial charge in [0.1, 0.15) is 5.82 Å². The maximum absolute atomic E-state index is 4.80. The van der Waals surface area contributed by atoms with E-state index in [9.17, 15) is 0 Å². The summed E-state index contributed by atoms with van der Waals surface area (Å²) >= 11 is 1.91. The number of thiophene rings is 1. The van der Waals surface area contributed by atoms with Gasteiger partial charge in [0.25, 0.3) is 0 Å². The van der Waals surface area contributed by atoms with Crippen LogP contribution in [-0.2, 0) is 19.6 Å². The van der Waals surface area contributed by atoms with E-state index in [1.54, 1.807) is 0 Å². The molecule has 2 aliphatic rings. The third-order valence-electron chi connectivity index (χ3n) is 5.64. The topological polar surface area (TPSA) is 27.5 Å². The predicted molar refractivity (Wildman–Crippen MR) is 103 cm³/mol. The maximum atomic E-state index is 4.80. The molecule has 0 bridgehead atoms. The highest BCUT2D eigenvalue weighted by Crippen LogP contribution is 2.29. The minimum absolute atomic E-state index is 0.386. The molecule has 0 N–H and O–H groups in total. The van der Waals surface area contributed by atoms with Crippen LogP contribution in [0.1, 0.15) is 34.2 Å². The molecule has 2 aromatic heterocycles. The number of imidazole rings is 1. The first-order valence-electron chi connectivity index (χ1n) is 9.34. The molecule has 2 aromatic rings. The number of piperazine rings is 1. The Bertz CT molecular complexity index is 713. The van der Waals surface area contributed by atoms with Gasteiger partial charge in [0.05, 0.1) is 11.7 Å². The number of nitrogens with zero attached hydrogens (tertiary/aromatic N) is 5. The van der Waals surface area contributed by atoms with Crippen molar-refractivity contribution in [1.82, 2.24) is 24.3 Å². The molecule has 136 valence electrons. The van der Waals surface area contributed by atoms with E-state index in [0.29, 0.717) is 6.04 Å². The van der Waals surface area contributed by atoms with Gasteiger partial charge in [-0.25, -0.2) is 4.98 Å². The minimum atomic E-state index is 0.386. The molecule has 0 spiro atoms. The van der Waals surface area contributed by atoms with Gasteiger partial charge < -0.3 is 9.47 Å². The van der Waals surface area contributed by atoms with Crippen molar-refractivity contribution >= 4 is 11.3 Å². The Labute approximate surface area is 154 Å². The van der Waals surface area contributed by atoms with E-state index < -0.39 is 0 Å². The van der Waals surface area contributed by atoms with Crippen LogP contribution in [0, 0.1) is 6.92 Å². The average Bonchev–Trinajstić information content (AvgIpc) is 3.19. The van der Waals surface area contributed by atoms with Gasteiger partial charge in [0.2, 0.25) is 0 Å². The fourth-order valence-corrected chi connectivity index (χ4v) is 4.87. The highest BCUT2D eigenvalue weighted by atomic mass is 32.1. The van der Waals surface area contributed by atoms with Gasteiger partial charge in [-0.1, -0.05) is 0 Å². The van der Waals surface area contributed by atoms with E-state index >= 15 is 0 Å². The quantitative estimate of drug-likeness (QED) is 0.839. The molecular formula is C19H29N5S. The lowest BCUT2D eigenvalue weighted by atomic mass is 10.2. The van der Waals surface area contributed by atoms with Gasteiger partial charge in [-0.15, -0.1) is 11.3 Å². The van der Waals surface area contributed by atoms with Crippen molar-refractivity contribution < 1.29 is 0 Å². The summed E-state index contributed by atoms with van der Waals surface area (Å²) in [6.07, 6.45) is 2.11. The van der Waals surface area contributed by atoms with Gasteiger partial charge in [0.15, 0.2) is 0 Å². The third-order valence-corrected chi connectivity index (χ3v) is 6.62. The monoisotopic (exact) mass is 359 g/mol. The van der Waals surface area contributed by atoms with E-state index in [1.165, 1.54) is 34.4 Å². The normalized spacial score (nSPS) is 23.1. The molecule has 1 fully saturated rings. The Hall–Kier alpha value is -1.21. The van der Waals surface area contributed by atoms with Crippen LogP contribution in [0.15, 0.2) is 18.3 Å². The number of likely N-dealkylation sites (N-methyl/N-ethyl adjacent to an activating group) is 1. The first-order valence-corrected chi connectivity index (χ1v) is 10.2. The van der Waals surface area contributed by atoms with E-state index in [1.807, 2.05) is 11.3 Å².